The Bertz CT molecular complexity index is 1020. The van der Waals surface area contributed by atoms with Crippen molar-refractivity contribution < 1.29 is 46.9 Å². The first-order chi connectivity index (χ1) is 16.1. The first-order valence-corrected chi connectivity index (χ1v) is 12.0. The van der Waals surface area contributed by atoms with Crippen LogP contribution in [0.1, 0.15) is 35.2 Å². The molecular formula is C22H26F2NO8P. The lowest BCUT2D eigenvalue weighted by Crippen LogP contribution is -2.25. The lowest BCUT2D eigenvalue weighted by Gasteiger charge is -2.12. The quantitative estimate of drug-likeness (QED) is 0.214. The molecule has 12 heteroatoms. The number of hydrogen-bond donors (Lipinski definition) is 3. The first kappa shape index (κ1) is 27.1. The number of unbranched alkanes of at least 4 members (excludes halogenated alkanes) is 1. The summed E-state index contributed by atoms with van der Waals surface area (Å²) in [6.07, 6.45) is -1.71. The van der Waals surface area contributed by atoms with Crippen LogP contribution in [0.15, 0.2) is 42.5 Å². The minimum absolute atomic E-state index is 0.0442. The highest BCUT2D eigenvalue weighted by molar-refractivity contribution is 7.53. The molecule has 0 spiro atoms. The maximum Gasteiger partial charge on any atom is 0.442 e. The summed E-state index contributed by atoms with van der Waals surface area (Å²) < 4.78 is 50.6. The van der Waals surface area contributed by atoms with E-state index in [1.165, 1.54) is 37.4 Å². The van der Waals surface area contributed by atoms with Gasteiger partial charge >= 0.3 is 19.7 Å². The molecule has 0 aliphatic heterocycles. The van der Waals surface area contributed by atoms with E-state index in [0.717, 1.165) is 5.56 Å². The average molecular weight is 501 g/mol. The fourth-order valence-electron chi connectivity index (χ4n) is 2.84. The number of phenols is 1. The van der Waals surface area contributed by atoms with Crippen molar-refractivity contribution in [3.05, 3.63) is 53.6 Å². The van der Waals surface area contributed by atoms with Crippen molar-refractivity contribution in [2.75, 3.05) is 20.3 Å². The number of nitrogens with one attached hydrogen (secondary N) is 1. The van der Waals surface area contributed by atoms with E-state index >= 15 is 0 Å². The molecule has 3 N–H and O–H groups in total. The molecule has 186 valence electrons. The van der Waals surface area contributed by atoms with E-state index in [0.29, 0.717) is 25.8 Å². The Morgan fingerprint density at radius 3 is 2.47 bits per heavy atom. The highest BCUT2D eigenvalue weighted by Crippen LogP contribution is 2.48. The molecule has 1 amide bonds. The summed E-state index contributed by atoms with van der Waals surface area (Å²) in [5.74, 6) is -1.07. The SMILES string of the molecule is COC(=O)c1c(O)cccc1OCCCCNC(=O)CCc1ccc(OP(=O)(O)C(F)F)cc1. The monoisotopic (exact) mass is 501 g/mol. The van der Waals surface area contributed by atoms with Gasteiger partial charge in [0.25, 0.3) is 0 Å². The van der Waals surface area contributed by atoms with Gasteiger partial charge in [0.15, 0.2) is 0 Å². The average Bonchev–Trinajstić information content (AvgIpc) is 2.80. The van der Waals surface area contributed by atoms with E-state index in [9.17, 15) is 28.0 Å². The van der Waals surface area contributed by atoms with Crippen LogP contribution in [0.25, 0.3) is 0 Å². The smallest absolute Gasteiger partial charge is 0.442 e. The largest absolute Gasteiger partial charge is 0.507 e. The maximum absolute atomic E-state index is 12.4. The van der Waals surface area contributed by atoms with Gasteiger partial charge < -0.3 is 29.3 Å². The second-order valence-corrected chi connectivity index (χ2v) is 8.83. The van der Waals surface area contributed by atoms with Gasteiger partial charge in [0.1, 0.15) is 22.8 Å². The zero-order valence-corrected chi connectivity index (χ0v) is 19.3. The second kappa shape index (κ2) is 12.9. The fourth-order valence-corrected chi connectivity index (χ4v) is 3.34. The molecule has 0 fully saturated rings. The van der Waals surface area contributed by atoms with Gasteiger partial charge in [-0.3, -0.25) is 4.79 Å². The molecule has 2 rings (SSSR count). The second-order valence-electron chi connectivity index (χ2n) is 7.12. The summed E-state index contributed by atoms with van der Waals surface area (Å²) in [7, 11) is -3.81. The summed E-state index contributed by atoms with van der Waals surface area (Å²) in [6.45, 7) is 0.683. The summed E-state index contributed by atoms with van der Waals surface area (Å²) in [5, 5.41) is 12.6. The van der Waals surface area contributed by atoms with Crippen molar-refractivity contribution in [1.82, 2.24) is 5.32 Å². The number of phenolic OH excluding ortho intramolecular Hbond substituents is 1. The molecule has 0 aliphatic carbocycles. The van der Waals surface area contributed by atoms with E-state index in [1.54, 1.807) is 12.1 Å². The number of esters is 1. The number of carbonyl (C=O) groups excluding carboxylic acids is 2. The standard InChI is InChI=1S/C22H26F2NO8P/c1-31-21(28)20-17(26)5-4-6-18(20)32-14-3-2-13-25-19(27)12-9-15-7-10-16(11-8-15)33-34(29,30)22(23)24/h4-8,10-11,22,26H,2-3,9,12-14H2,1H3,(H,25,27)(H,29,30). The van der Waals surface area contributed by atoms with E-state index in [2.05, 4.69) is 14.6 Å². The summed E-state index contributed by atoms with van der Waals surface area (Å²) in [5.41, 5.74) is 0.686. The van der Waals surface area contributed by atoms with E-state index in [4.69, 9.17) is 9.63 Å². The Hall–Kier alpha value is -3.17. The molecule has 0 aromatic heterocycles. The van der Waals surface area contributed by atoms with Crippen LogP contribution in [-0.2, 0) is 20.5 Å². The van der Waals surface area contributed by atoms with Gasteiger partial charge in [0.05, 0.1) is 13.7 Å². The van der Waals surface area contributed by atoms with Gasteiger partial charge in [-0.2, -0.15) is 8.78 Å². The molecule has 34 heavy (non-hydrogen) atoms. The molecular weight excluding hydrogens is 475 g/mol. The lowest BCUT2D eigenvalue weighted by atomic mass is 10.1. The van der Waals surface area contributed by atoms with Gasteiger partial charge in [-0.05, 0) is 49.1 Å². The first-order valence-electron chi connectivity index (χ1n) is 10.3. The van der Waals surface area contributed by atoms with Crippen LogP contribution in [-0.4, -0.2) is 48.3 Å². The normalized spacial score (nSPS) is 12.6. The van der Waals surface area contributed by atoms with Crippen LogP contribution >= 0.6 is 7.60 Å². The molecule has 1 atom stereocenters. The van der Waals surface area contributed by atoms with Crippen molar-refractivity contribution in [2.24, 2.45) is 0 Å². The highest BCUT2D eigenvalue weighted by Gasteiger charge is 2.34. The van der Waals surface area contributed by atoms with Crippen LogP contribution in [0, 0.1) is 0 Å². The number of halogens is 2. The van der Waals surface area contributed by atoms with Gasteiger partial charge in [-0.1, -0.05) is 18.2 Å². The van der Waals surface area contributed by atoms with Gasteiger partial charge in [-0.25, -0.2) is 9.36 Å². The number of alkyl halides is 2. The van der Waals surface area contributed by atoms with Crippen molar-refractivity contribution in [3.8, 4) is 17.2 Å². The lowest BCUT2D eigenvalue weighted by molar-refractivity contribution is -0.121. The molecule has 0 aliphatic rings. The molecule has 0 bridgehead atoms. The molecule has 0 saturated heterocycles. The van der Waals surface area contributed by atoms with Gasteiger partial charge in [0, 0.05) is 13.0 Å². The molecule has 2 aromatic carbocycles. The van der Waals surface area contributed by atoms with E-state index in [-0.39, 0.29) is 41.7 Å². The number of methoxy groups -OCH3 is 1. The third kappa shape index (κ3) is 8.31. The Morgan fingerprint density at radius 2 is 1.82 bits per heavy atom. The van der Waals surface area contributed by atoms with Crippen LogP contribution in [0.4, 0.5) is 8.78 Å². The molecule has 0 radical (unpaired) electrons. The van der Waals surface area contributed by atoms with E-state index in [1.807, 2.05) is 0 Å². The zero-order chi connectivity index (χ0) is 25.1. The Labute approximate surface area is 195 Å². The number of ether oxygens (including phenoxy) is 2. The predicted molar refractivity (Wildman–Crippen MR) is 118 cm³/mol. The minimum atomic E-state index is -5.02. The number of carbonyl (C=O) groups is 2. The number of hydrogen-bond acceptors (Lipinski definition) is 7. The molecule has 0 heterocycles. The van der Waals surface area contributed by atoms with Crippen LogP contribution < -0.4 is 14.6 Å². The zero-order valence-electron chi connectivity index (χ0n) is 18.4. The predicted octanol–water partition coefficient (Wildman–Crippen LogP) is 3.87. The van der Waals surface area contributed by atoms with Crippen LogP contribution in [0.3, 0.4) is 0 Å². The maximum atomic E-state index is 12.4. The number of benzene rings is 2. The molecule has 0 saturated carbocycles. The number of amides is 1. The third-order valence-corrected chi connectivity index (χ3v) is 5.56. The van der Waals surface area contributed by atoms with Crippen molar-refractivity contribution in [3.63, 3.8) is 0 Å². The summed E-state index contributed by atoms with van der Waals surface area (Å²) in [4.78, 5) is 32.8. The molecule has 1 unspecified atom stereocenters. The van der Waals surface area contributed by atoms with Crippen LogP contribution in [0.2, 0.25) is 0 Å². The summed E-state index contributed by atoms with van der Waals surface area (Å²) in [6, 6.07) is 10.1. The Kier molecular flexibility index (Phi) is 10.3. The van der Waals surface area contributed by atoms with Crippen LogP contribution in [0.5, 0.6) is 17.2 Å². The van der Waals surface area contributed by atoms with Crippen molar-refractivity contribution in [2.45, 2.75) is 31.8 Å². The molecule has 9 nitrogen and oxygen atoms in total. The van der Waals surface area contributed by atoms with Crippen molar-refractivity contribution >= 4 is 19.5 Å². The van der Waals surface area contributed by atoms with E-state index < -0.39 is 19.7 Å². The number of aromatic hydroxyl groups is 1. The molecule has 2 aromatic rings. The fraction of sp³-hybridized carbons (Fsp3) is 0.364. The minimum Gasteiger partial charge on any atom is -0.507 e. The summed E-state index contributed by atoms with van der Waals surface area (Å²) >= 11 is 0. The number of rotatable bonds is 13. The van der Waals surface area contributed by atoms with Gasteiger partial charge in [-0.15, -0.1) is 0 Å². The Morgan fingerprint density at radius 1 is 1.12 bits per heavy atom. The highest BCUT2D eigenvalue weighted by atomic mass is 31.2. The van der Waals surface area contributed by atoms with Crippen molar-refractivity contribution in [1.29, 1.82) is 0 Å². The topological polar surface area (TPSA) is 131 Å². The number of aryl methyl sites for hydroxylation is 1. The van der Waals surface area contributed by atoms with Gasteiger partial charge in [0.2, 0.25) is 5.91 Å². The Balaban J connectivity index is 1.66. The third-order valence-electron chi connectivity index (χ3n) is 4.59.